The zero-order valence-corrected chi connectivity index (χ0v) is 15.8. The summed E-state index contributed by atoms with van der Waals surface area (Å²) in [5.74, 6) is -0.676. The molecule has 0 unspecified atom stereocenters. The molecule has 134 valence electrons. The first-order valence-electron chi connectivity index (χ1n) is 7.74. The number of rotatable bonds is 3. The molecule has 0 saturated carbocycles. The Kier molecular flexibility index (Phi) is 4.82. The van der Waals surface area contributed by atoms with Crippen LogP contribution in [0.25, 0.3) is 22.2 Å². The zero-order valence-electron chi connectivity index (χ0n) is 14.3. The van der Waals surface area contributed by atoms with E-state index in [0.717, 1.165) is 5.56 Å². The molecule has 26 heavy (non-hydrogen) atoms. The molecule has 0 aliphatic carbocycles. The molecule has 1 amide bonds. The summed E-state index contributed by atoms with van der Waals surface area (Å²) in [7, 11) is 0. The van der Waals surface area contributed by atoms with Crippen LogP contribution >= 0.6 is 23.2 Å². The largest absolute Gasteiger partial charge is 0.347 e. The highest BCUT2D eigenvalue weighted by Crippen LogP contribution is 2.31. The van der Waals surface area contributed by atoms with Crippen molar-refractivity contribution in [1.82, 2.24) is 20.3 Å². The fourth-order valence-electron chi connectivity index (χ4n) is 2.74. The van der Waals surface area contributed by atoms with Gasteiger partial charge >= 0.3 is 0 Å². The quantitative estimate of drug-likeness (QED) is 0.665. The van der Waals surface area contributed by atoms with Crippen LogP contribution in [0.4, 0.5) is 4.39 Å². The molecule has 0 aliphatic heterocycles. The predicted molar refractivity (Wildman–Crippen MR) is 99.6 cm³/mol. The normalized spacial score (nSPS) is 11.6. The molecular weight excluding hydrogens is 378 g/mol. The molecule has 1 N–H and O–H groups in total. The predicted octanol–water partition coefficient (Wildman–Crippen LogP) is 4.51. The summed E-state index contributed by atoms with van der Waals surface area (Å²) in [6, 6.07) is 4.81. The number of fused-ring (bicyclic) bond motifs is 1. The Hall–Kier alpha value is -2.31. The summed E-state index contributed by atoms with van der Waals surface area (Å²) in [6.07, 6.45) is 2.92. The lowest BCUT2D eigenvalue weighted by Crippen LogP contribution is -2.39. The van der Waals surface area contributed by atoms with Gasteiger partial charge in [-0.15, -0.1) is 0 Å². The van der Waals surface area contributed by atoms with Crippen LogP contribution in [0.5, 0.6) is 0 Å². The maximum Gasteiger partial charge on any atom is 0.222 e. The molecule has 2 aromatic heterocycles. The van der Waals surface area contributed by atoms with E-state index in [0.29, 0.717) is 16.6 Å². The van der Waals surface area contributed by atoms with Crippen molar-refractivity contribution in [1.29, 1.82) is 0 Å². The van der Waals surface area contributed by atoms with Crippen LogP contribution in [0.15, 0.2) is 30.6 Å². The van der Waals surface area contributed by atoms with Gasteiger partial charge in [0.25, 0.3) is 0 Å². The fraction of sp³-hybridized carbons (Fsp3) is 0.222. The number of nitrogens with zero attached hydrogens (tertiary/aromatic N) is 3. The molecule has 0 aliphatic rings. The van der Waals surface area contributed by atoms with Crippen molar-refractivity contribution in [2.45, 2.75) is 26.3 Å². The Morgan fingerprint density at radius 1 is 1.15 bits per heavy atom. The smallest absolute Gasteiger partial charge is 0.222 e. The summed E-state index contributed by atoms with van der Waals surface area (Å²) in [6.45, 7) is 5.13. The second kappa shape index (κ2) is 6.78. The average molecular weight is 393 g/mol. The summed E-state index contributed by atoms with van der Waals surface area (Å²) in [5.41, 5.74) is 1.09. The second-order valence-corrected chi connectivity index (χ2v) is 7.14. The van der Waals surface area contributed by atoms with E-state index in [4.69, 9.17) is 23.2 Å². The lowest BCUT2D eigenvalue weighted by atomic mass is 9.94. The topological polar surface area (TPSA) is 67.8 Å². The van der Waals surface area contributed by atoms with Gasteiger partial charge < -0.3 is 5.32 Å². The number of carbonyl (C=O) groups is 1. The molecule has 1 aromatic carbocycles. The summed E-state index contributed by atoms with van der Waals surface area (Å²) >= 11 is 12.0. The Bertz CT molecular complexity index is 1020. The highest BCUT2D eigenvalue weighted by Gasteiger charge is 2.23. The number of aromatic nitrogens is 3. The van der Waals surface area contributed by atoms with E-state index in [1.807, 2.05) is 13.8 Å². The van der Waals surface area contributed by atoms with Crippen molar-refractivity contribution < 1.29 is 9.18 Å². The van der Waals surface area contributed by atoms with Crippen LogP contribution in [-0.2, 0) is 10.3 Å². The molecule has 3 rings (SSSR count). The molecule has 0 bridgehead atoms. The van der Waals surface area contributed by atoms with Gasteiger partial charge in [0.1, 0.15) is 11.3 Å². The molecule has 0 saturated heterocycles. The van der Waals surface area contributed by atoms with Gasteiger partial charge in [0.05, 0.1) is 22.5 Å². The molecule has 0 atom stereocenters. The number of pyridine rings is 1. The van der Waals surface area contributed by atoms with Crippen molar-refractivity contribution >= 4 is 40.0 Å². The van der Waals surface area contributed by atoms with E-state index >= 15 is 0 Å². The minimum Gasteiger partial charge on any atom is -0.347 e. The zero-order chi connectivity index (χ0) is 19.1. The Labute approximate surface area is 159 Å². The van der Waals surface area contributed by atoms with Crippen LogP contribution in [0.1, 0.15) is 26.3 Å². The molecular formula is C18H15Cl2FN4O. The number of benzene rings is 1. The summed E-state index contributed by atoms with van der Waals surface area (Å²) in [4.78, 5) is 23.5. The van der Waals surface area contributed by atoms with Gasteiger partial charge in [-0.05, 0) is 49.2 Å². The third-order valence-electron chi connectivity index (χ3n) is 3.93. The highest BCUT2D eigenvalue weighted by molar-refractivity contribution is 6.33. The average Bonchev–Trinajstić information content (AvgIpc) is 2.55. The lowest BCUT2D eigenvalue weighted by molar-refractivity contribution is -0.120. The van der Waals surface area contributed by atoms with Crippen LogP contribution < -0.4 is 5.32 Å². The molecule has 0 fully saturated rings. The van der Waals surface area contributed by atoms with Gasteiger partial charge in [-0.1, -0.05) is 11.6 Å². The van der Waals surface area contributed by atoms with Gasteiger partial charge in [0.15, 0.2) is 0 Å². The number of halogens is 3. The molecule has 0 radical (unpaired) electrons. The first kappa shape index (κ1) is 18.5. The molecule has 8 heteroatoms. The van der Waals surface area contributed by atoms with Crippen molar-refractivity contribution in [2.75, 3.05) is 0 Å². The molecule has 5 nitrogen and oxygen atoms in total. The van der Waals surface area contributed by atoms with E-state index in [-0.39, 0.29) is 21.7 Å². The first-order chi connectivity index (χ1) is 12.2. The Morgan fingerprint density at radius 2 is 1.88 bits per heavy atom. The second-order valence-electron chi connectivity index (χ2n) is 6.40. The van der Waals surface area contributed by atoms with Gasteiger partial charge in [-0.2, -0.15) is 0 Å². The maximum absolute atomic E-state index is 14.6. The standard InChI is InChI=1S/C18H15Cl2FN4O/c1-9(26)25-18(2,3)12-5-10-4-11(6-14(21)16(10)22-7-12)15-13(19)8-23-17(20)24-15/h4-8H,1-3H3,(H,25,26). The van der Waals surface area contributed by atoms with Crippen molar-refractivity contribution in [3.8, 4) is 11.3 Å². The SMILES string of the molecule is CC(=O)NC(C)(C)c1cnc2c(F)cc(-c3nc(Cl)ncc3Cl)cc2c1. The molecule has 2 heterocycles. The van der Waals surface area contributed by atoms with Crippen molar-refractivity contribution in [2.24, 2.45) is 0 Å². The van der Waals surface area contributed by atoms with Gasteiger partial charge in [0, 0.05) is 24.1 Å². The van der Waals surface area contributed by atoms with E-state index in [1.165, 1.54) is 19.2 Å². The lowest BCUT2D eigenvalue weighted by Gasteiger charge is -2.26. The van der Waals surface area contributed by atoms with Gasteiger partial charge in [-0.25, -0.2) is 14.4 Å². The number of nitrogens with one attached hydrogen (secondary N) is 1. The van der Waals surface area contributed by atoms with Crippen LogP contribution in [0.2, 0.25) is 10.3 Å². The number of carbonyl (C=O) groups excluding carboxylic acids is 1. The third-order valence-corrected chi connectivity index (χ3v) is 4.39. The maximum atomic E-state index is 14.6. The molecule has 0 spiro atoms. The van der Waals surface area contributed by atoms with Gasteiger partial charge in [-0.3, -0.25) is 9.78 Å². The first-order valence-corrected chi connectivity index (χ1v) is 8.50. The number of amides is 1. The summed E-state index contributed by atoms with van der Waals surface area (Å²) < 4.78 is 14.6. The summed E-state index contributed by atoms with van der Waals surface area (Å²) in [5, 5.41) is 3.68. The highest BCUT2D eigenvalue weighted by atomic mass is 35.5. The Balaban J connectivity index is 2.17. The minimum absolute atomic E-state index is 0.0172. The van der Waals surface area contributed by atoms with Crippen LogP contribution in [-0.4, -0.2) is 20.9 Å². The van der Waals surface area contributed by atoms with Crippen molar-refractivity contribution in [3.63, 3.8) is 0 Å². The van der Waals surface area contributed by atoms with Gasteiger partial charge in [0.2, 0.25) is 11.2 Å². The van der Waals surface area contributed by atoms with E-state index < -0.39 is 11.4 Å². The van der Waals surface area contributed by atoms with E-state index in [1.54, 1.807) is 18.3 Å². The van der Waals surface area contributed by atoms with E-state index in [9.17, 15) is 9.18 Å². The van der Waals surface area contributed by atoms with Crippen molar-refractivity contribution in [3.05, 3.63) is 52.3 Å². The number of hydrogen-bond donors (Lipinski definition) is 1. The van der Waals surface area contributed by atoms with Crippen LogP contribution in [0.3, 0.4) is 0 Å². The van der Waals surface area contributed by atoms with Crippen LogP contribution in [0, 0.1) is 5.82 Å². The number of hydrogen-bond acceptors (Lipinski definition) is 4. The fourth-order valence-corrected chi connectivity index (χ4v) is 3.08. The monoisotopic (exact) mass is 392 g/mol. The minimum atomic E-state index is -0.657. The Morgan fingerprint density at radius 3 is 2.58 bits per heavy atom. The third kappa shape index (κ3) is 3.61. The van der Waals surface area contributed by atoms with E-state index in [2.05, 4.69) is 20.3 Å². The molecule has 3 aromatic rings.